The Labute approximate surface area is 229 Å². The molecule has 0 bridgehead atoms. The Morgan fingerprint density at radius 1 is 1.05 bits per heavy atom. The molecule has 38 heavy (non-hydrogen) atoms. The number of aliphatic hydroxyl groups excluding tert-OH is 1. The molecule has 6 atom stereocenters. The van der Waals surface area contributed by atoms with Crippen molar-refractivity contribution in [2.75, 3.05) is 59.2 Å². The second-order valence-corrected chi connectivity index (χ2v) is 13.5. The van der Waals surface area contributed by atoms with Gasteiger partial charge in [-0.3, -0.25) is 19.3 Å². The Morgan fingerprint density at radius 3 is 2.53 bits per heavy atom. The minimum Gasteiger partial charge on any atom is -0.465 e. The third kappa shape index (κ3) is 4.71. The lowest BCUT2D eigenvalue weighted by atomic mass is 9.74. The van der Waals surface area contributed by atoms with E-state index in [-0.39, 0.29) is 36.9 Å². The molecular weight excluding hydrogens is 506 g/mol. The van der Waals surface area contributed by atoms with Gasteiger partial charge in [0.15, 0.2) is 0 Å². The zero-order valence-corrected chi connectivity index (χ0v) is 23.5. The molecule has 3 saturated heterocycles. The van der Waals surface area contributed by atoms with E-state index in [2.05, 4.69) is 4.90 Å². The van der Waals surface area contributed by atoms with E-state index in [1.54, 1.807) is 16.7 Å². The molecule has 0 saturated carbocycles. The van der Waals surface area contributed by atoms with E-state index in [4.69, 9.17) is 9.47 Å². The molecule has 5 aliphatic rings. The molecular formula is C28H41N3O6S. The quantitative estimate of drug-likeness (QED) is 0.376. The molecule has 0 aromatic rings. The summed E-state index contributed by atoms with van der Waals surface area (Å²) in [6, 6.07) is -1.30. The van der Waals surface area contributed by atoms with Crippen LogP contribution in [0.5, 0.6) is 0 Å². The van der Waals surface area contributed by atoms with Crippen molar-refractivity contribution in [2.24, 2.45) is 17.8 Å². The Morgan fingerprint density at radius 2 is 1.82 bits per heavy atom. The van der Waals surface area contributed by atoms with Crippen LogP contribution in [-0.2, 0) is 23.9 Å². The topological polar surface area (TPSA) is 99.6 Å². The van der Waals surface area contributed by atoms with Crippen molar-refractivity contribution in [3.8, 4) is 0 Å². The Hall–Kier alpha value is -1.88. The van der Waals surface area contributed by atoms with Crippen LogP contribution in [0.25, 0.3) is 0 Å². The molecule has 1 unspecified atom stereocenters. The van der Waals surface area contributed by atoms with Gasteiger partial charge in [-0.2, -0.15) is 0 Å². The van der Waals surface area contributed by atoms with Crippen molar-refractivity contribution in [3.63, 3.8) is 0 Å². The van der Waals surface area contributed by atoms with E-state index in [0.717, 1.165) is 19.6 Å². The van der Waals surface area contributed by atoms with Crippen LogP contribution in [-0.4, -0.2) is 118 Å². The number of rotatable bonds is 7. The number of esters is 1. The molecule has 5 heterocycles. The van der Waals surface area contributed by atoms with Gasteiger partial charge in [-0.15, -0.1) is 11.8 Å². The van der Waals surface area contributed by atoms with Crippen LogP contribution in [0.15, 0.2) is 24.3 Å². The second kappa shape index (κ2) is 10.9. The number of morpholine rings is 1. The molecule has 0 aromatic heterocycles. The van der Waals surface area contributed by atoms with Crippen molar-refractivity contribution in [3.05, 3.63) is 24.3 Å². The lowest BCUT2D eigenvalue weighted by Crippen LogP contribution is -2.57. The molecule has 0 aliphatic carbocycles. The molecule has 1 spiro atoms. The highest BCUT2D eigenvalue weighted by molar-refractivity contribution is 8.02. The van der Waals surface area contributed by atoms with Crippen LogP contribution >= 0.6 is 11.8 Å². The molecule has 5 rings (SSSR count). The summed E-state index contributed by atoms with van der Waals surface area (Å²) >= 11 is 1.55. The number of aliphatic hydroxyl groups is 1. The second-order valence-electron chi connectivity index (χ2n) is 11.7. The molecule has 9 nitrogen and oxygen atoms in total. The molecule has 1 N–H and O–H groups in total. The average Bonchev–Trinajstić information content (AvgIpc) is 3.21. The van der Waals surface area contributed by atoms with Crippen molar-refractivity contribution in [1.29, 1.82) is 0 Å². The largest absolute Gasteiger partial charge is 0.465 e. The molecule has 0 radical (unpaired) electrons. The van der Waals surface area contributed by atoms with Crippen molar-refractivity contribution < 1.29 is 29.0 Å². The van der Waals surface area contributed by atoms with E-state index < -0.39 is 33.4 Å². The van der Waals surface area contributed by atoms with Crippen molar-refractivity contribution in [1.82, 2.24) is 14.7 Å². The number of fused-ring (bicyclic) bond motifs is 2. The maximum atomic E-state index is 14.4. The molecule has 3 fully saturated rings. The van der Waals surface area contributed by atoms with Gasteiger partial charge in [-0.05, 0) is 25.7 Å². The first-order valence-electron chi connectivity index (χ1n) is 14.0. The first-order chi connectivity index (χ1) is 18.2. The lowest BCUT2D eigenvalue weighted by Gasteiger charge is -2.40. The van der Waals surface area contributed by atoms with Crippen molar-refractivity contribution in [2.45, 2.75) is 55.2 Å². The van der Waals surface area contributed by atoms with Gasteiger partial charge in [-0.25, -0.2) is 0 Å². The predicted octanol–water partition coefficient (Wildman–Crippen LogP) is 1.31. The summed E-state index contributed by atoms with van der Waals surface area (Å²) in [6.07, 6.45) is 9.29. The summed E-state index contributed by atoms with van der Waals surface area (Å²) in [5.41, 5.74) is 0. The Balaban J connectivity index is 1.54. The van der Waals surface area contributed by atoms with Crippen LogP contribution in [0.3, 0.4) is 0 Å². The number of ether oxygens (including phenoxy) is 2. The van der Waals surface area contributed by atoms with Crippen LogP contribution in [0.1, 0.15) is 33.6 Å². The summed E-state index contributed by atoms with van der Waals surface area (Å²) < 4.78 is 9.48. The first kappa shape index (κ1) is 27.7. The third-order valence-electron chi connectivity index (χ3n) is 8.68. The fraction of sp³-hybridized carbons (Fsp3) is 0.750. The van der Waals surface area contributed by atoms with Crippen LogP contribution in [0.2, 0.25) is 0 Å². The number of nitrogens with zero attached hydrogens (tertiary/aromatic N) is 3. The van der Waals surface area contributed by atoms with Gasteiger partial charge in [0.05, 0.1) is 49.1 Å². The minimum absolute atomic E-state index is 0.107. The zero-order chi connectivity index (χ0) is 27.1. The van der Waals surface area contributed by atoms with Gasteiger partial charge >= 0.3 is 5.97 Å². The Kier molecular flexibility index (Phi) is 7.97. The standard InChI is InChI=1S/C28H41N3O6S/c1-19(2)17-20(18-32)31-23-25(34)30(11-10-29-12-15-36-16-13-29)9-6-8-28(23)21(24(31)33)22-26(35)37-14-5-4-7-27(22,3)38-28/h4,6-8,19-23,32H,5,9-18H2,1-3H3/t20-,21+,22+,23?,27-,28+/m1/s1. The summed E-state index contributed by atoms with van der Waals surface area (Å²) in [5, 5.41) is 10.5. The highest BCUT2D eigenvalue weighted by Gasteiger charge is 2.74. The number of likely N-dealkylation sites (tertiary alicyclic amines) is 1. The fourth-order valence-corrected chi connectivity index (χ4v) is 9.12. The van der Waals surface area contributed by atoms with Gasteiger partial charge in [-0.1, -0.05) is 38.2 Å². The fourth-order valence-electron chi connectivity index (χ4n) is 6.98. The van der Waals surface area contributed by atoms with Crippen LogP contribution < -0.4 is 0 Å². The number of carbonyl (C=O) groups is 3. The van der Waals surface area contributed by atoms with Gasteiger partial charge in [0.1, 0.15) is 6.04 Å². The molecule has 10 heteroatoms. The lowest BCUT2D eigenvalue weighted by molar-refractivity contribution is -0.155. The third-order valence-corrected chi connectivity index (χ3v) is 10.5. The monoisotopic (exact) mass is 547 g/mol. The number of hydrogen-bond acceptors (Lipinski definition) is 8. The molecule has 5 aliphatic heterocycles. The van der Waals surface area contributed by atoms with E-state index in [0.29, 0.717) is 39.1 Å². The maximum Gasteiger partial charge on any atom is 0.311 e. The number of hydrogen-bond donors (Lipinski definition) is 1. The molecule has 2 amide bonds. The van der Waals surface area contributed by atoms with Crippen molar-refractivity contribution >= 4 is 29.5 Å². The highest BCUT2D eigenvalue weighted by Crippen LogP contribution is 2.65. The summed E-state index contributed by atoms with van der Waals surface area (Å²) in [5.74, 6) is -1.94. The minimum atomic E-state index is -0.917. The van der Waals surface area contributed by atoms with Gasteiger partial charge in [0, 0.05) is 37.5 Å². The van der Waals surface area contributed by atoms with Crippen LogP contribution in [0.4, 0.5) is 0 Å². The smallest absolute Gasteiger partial charge is 0.311 e. The zero-order valence-electron chi connectivity index (χ0n) is 22.7. The van der Waals surface area contributed by atoms with E-state index in [1.807, 2.05) is 50.0 Å². The maximum absolute atomic E-state index is 14.4. The summed E-state index contributed by atoms with van der Waals surface area (Å²) in [4.78, 5) is 48.0. The normalized spacial score (nSPS) is 36.4. The predicted molar refractivity (Wildman–Crippen MR) is 144 cm³/mol. The van der Waals surface area contributed by atoms with Gasteiger partial charge in [0.2, 0.25) is 11.8 Å². The average molecular weight is 548 g/mol. The Bertz CT molecular complexity index is 997. The molecule has 0 aromatic carbocycles. The summed E-state index contributed by atoms with van der Waals surface area (Å²) in [7, 11) is 0. The van der Waals surface area contributed by atoms with E-state index in [1.165, 1.54) is 0 Å². The van der Waals surface area contributed by atoms with Gasteiger partial charge < -0.3 is 24.4 Å². The summed E-state index contributed by atoms with van der Waals surface area (Å²) in [6.45, 7) is 10.9. The highest BCUT2D eigenvalue weighted by atomic mass is 32.2. The van der Waals surface area contributed by atoms with Crippen LogP contribution in [0, 0.1) is 17.8 Å². The number of amides is 2. The number of carbonyl (C=O) groups excluding carboxylic acids is 3. The van der Waals surface area contributed by atoms with E-state index >= 15 is 0 Å². The van der Waals surface area contributed by atoms with Gasteiger partial charge in [0.25, 0.3) is 0 Å². The van der Waals surface area contributed by atoms with E-state index in [9.17, 15) is 19.5 Å². The first-order valence-corrected chi connectivity index (χ1v) is 14.8. The SMILES string of the molecule is CC(C)C[C@H](CO)N1C(=O)[C@@H]2[C@H]3C(=O)OCCC=C[C@@]3(C)S[C@@]23C=CCN(CCN2CCOCC2)C(=O)C13. The number of cyclic esters (lactones) is 1. The molecule has 210 valence electrons. The number of thioether (sulfide) groups is 1.